The van der Waals surface area contributed by atoms with Crippen molar-refractivity contribution in [3.8, 4) is 0 Å². The van der Waals surface area contributed by atoms with Crippen LogP contribution in [0.5, 0.6) is 0 Å². The van der Waals surface area contributed by atoms with Gasteiger partial charge in [0, 0.05) is 6.42 Å². The van der Waals surface area contributed by atoms with Crippen molar-refractivity contribution >= 4 is 46.7 Å². The van der Waals surface area contributed by atoms with Gasteiger partial charge in [0.05, 0.1) is 12.7 Å². The Labute approximate surface area is 255 Å². The molecule has 0 amide bonds. The van der Waals surface area contributed by atoms with Crippen LogP contribution in [0.1, 0.15) is 107 Å². The van der Waals surface area contributed by atoms with Crippen molar-refractivity contribution in [2.45, 2.75) is 102 Å². The van der Waals surface area contributed by atoms with Gasteiger partial charge >= 0.3 is 11.9 Å². The molecule has 0 radical (unpaired) electrons. The summed E-state index contributed by atoms with van der Waals surface area (Å²) in [5, 5.41) is 0. The van der Waals surface area contributed by atoms with Crippen LogP contribution in [-0.2, 0) is 20.7 Å². The minimum absolute atomic E-state index is 0.0207. The van der Waals surface area contributed by atoms with E-state index in [0.717, 1.165) is 49.7 Å². The fourth-order valence-corrected chi connectivity index (χ4v) is 6.89. The Bertz CT molecular complexity index is 1110. The number of carbonyl (C=O) groups is 2. The third kappa shape index (κ3) is 8.07. The fourth-order valence-electron chi connectivity index (χ4n) is 6.76. The predicted octanol–water partition coefficient (Wildman–Crippen LogP) is 9.56. The van der Waals surface area contributed by atoms with E-state index in [0.29, 0.717) is 36.2 Å². The van der Waals surface area contributed by atoms with E-state index in [-0.39, 0.29) is 17.3 Å². The highest BCUT2D eigenvalue weighted by atomic mass is 35.6. The zero-order valence-electron chi connectivity index (χ0n) is 24.8. The van der Waals surface area contributed by atoms with Crippen LogP contribution in [0.25, 0.3) is 0 Å². The second kappa shape index (κ2) is 14.1. The van der Waals surface area contributed by atoms with E-state index in [2.05, 4.69) is 58.9 Å². The highest BCUT2D eigenvalue weighted by molar-refractivity contribution is 6.75. The van der Waals surface area contributed by atoms with Gasteiger partial charge in [-0.2, -0.15) is 0 Å². The molecule has 0 N–H and O–H groups in total. The number of halogens is 3. The van der Waals surface area contributed by atoms with Gasteiger partial charge in [0.25, 0.3) is 3.79 Å². The number of carbonyl (C=O) groups excluding carboxylic acids is 2. The van der Waals surface area contributed by atoms with Crippen molar-refractivity contribution in [3.05, 3.63) is 58.7 Å². The van der Waals surface area contributed by atoms with Gasteiger partial charge in [0.15, 0.2) is 0 Å². The van der Waals surface area contributed by atoms with E-state index in [4.69, 9.17) is 44.3 Å². The molecule has 3 aliphatic carbocycles. The van der Waals surface area contributed by atoms with Crippen LogP contribution in [0.4, 0.5) is 0 Å². The molecule has 2 bridgehead atoms. The van der Waals surface area contributed by atoms with Gasteiger partial charge in [0.2, 0.25) is 0 Å². The maximum absolute atomic E-state index is 13.1. The minimum Gasteiger partial charge on any atom is -0.465 e. The van der Waals surface area contributed by atoms with E-state index >= 15 is 0 Å². The van der Waals surface area contributed by atoms with Crippen LogP contribution in [-0.4, -0.2) is 28.9 Å². The molecular formula is C33H45Cl3O4. The molecule has 1 saturated carbocycles. The first-order chi connectivity index (χ1) is 18.8. The molecule has 0 heterocycles. The number of rotatable bonds is 6. The lowest BCUT2D eigenvalue weighted by atomic mass is 9.64. The average molecular weight is 612 g/mol. The fraction of sp³-hybridized carbons (Fsp3) is 0.636. The number of benzene rings is 1. The molecule has 1 unspecified atom stereocenters. The Kier molecular flexibility index (Phi) is 11.7. The Hall–Kier alpha value is -1.49. The van der Waals surface area contributed by atoms with Crippen molar-refractivity contribution in [3.63, 3.8) is 0 Å². The summed E-state index contributed by atoms with van der Waals surface area (Å²) in [4.78, 5) is 25.5. The van der Waals surface area contributed by atoms with Gasteiger partial charge in [0.1, 0.15) is 6.10 Å². The number of hydrogen-bond acceptors (Lipinski definition) is 4. The van der Waals surface area contributed by atoms with E-state index in [1.165, 1.54) is 12.7 Å². The summed E-state index contributed by atoms with van der Waals surface area (Å²) in [5.74, 6) is 0.523. The van der Waals surface area contributed by atoms with Gasteiger partial charge < -0.3 is 9.47 Å². The number of hydrogen-bond donors (Lipinski definition) is 0. The largest absolute Gasteiger partial charge is 0.465 e. The Morgan fingerprint density at radius 1 is 1.15 bits per heavy atom. The van der Waals surface area contributed by atoms with Crippen LogP contribution < -0.4 is 0 Å². The summed E-state index contributed by atoms with van der Waals surface area (Å²) in [5.41, 5.74) is 3.80. The monoisotopic (exact) mass is 610 g/mol. The Balaban J connectivity index is 2.05. The molecule has 6 atom stereocenters. The predicted molar refractivity (Wildman–Crippen MR) is 165 cm³/mol. The molecule has 0 spiro atoms. The van der Waals surface area contributed by atoms with Crippen LogP contribution >= 0.6 is 34.8 Å². The number of fused-ring (bicyclic) bond motifs is 8. The molecule has 1 aromatic rings. The Morgan fingerprint density at radius 3 is 2.52 bits per heavy atom. The molecule has 7 heteroatoms. The highest BCUT2D eigenvalue weighted by Gasteiger charge is 2.49. The summed E-state index contributed by atoms with van der Waals surface area (Å²) < 4.78 is 8.75. The molecule has 0 saturated heterocycles. The summed E-state index contributed by atoms with van der Waals surface area (Å²) in [6.07, 6.45) is 13.6. The lowest BCUT2D eigenvalue weighted by Gasteiger charge is -2.40. The zero-order valence-corrected chi connectivity index (χ0v) is 27.0. The topological polar surface area (TPSA) is 52.6 Å². The van der Waals surface area contributed by atoms with E-state index in [1.807, 2.05) is 12.1 Å². The van der Waals surface area contributed by atoms with Crippen molar-refractivity contribution in [2.75, 3.05) is 7.11 Å². The lowest BCUT2D eigenvalue weighted by molar-refractivity contribution is -0.148. The van der Waals surface area contributed by atoms with Crippen LogP contribution in [0.3, 0.4) is 0 Å². The van der Waals surface area contributed by atoms with Crippen LogP contribution in [0.2, 0.25) is 0 Å². The average Bonchev–Trinajstić information content (AvgIpc) is 3.25. The quantitative estimate of drug-likeness (QED) is 0.183. The van der Waals surface area contributed by atoms with E-state index < -0.39 is 15.9 Å². The van der Waals surface area contributed by atoms with Gasteiger partial charge in [-0.05, 0) is 91.7 Å². The van der Waals surface area contributed by atoms with Gasteiger partial charge in [-0.3, -0.25) is 0 Å². The van der Waals surface area contributed by atoms with Gasteiger partial charge in [-0.15, -0.1) is 0 Å². The number of allylic oxidation sites excluding steroid dienone is 4. The maximum atomic E-state index is 13.1. The SMILES string of the molecule is CC[C@H](C)/C=C/[C@@H](C)[C@H]1CCC2c3ccc(cc3C(=O)OC)C[C@@H](OC(=O)C(Cl)(Cl)Cl)CC/C(C)=C/CC[C@@]21C. The second-order valence-electron chi connectivity index (χ2n) is 12.1. The van der Waals surface area contributed by atoms with Crippen molar-refractivity contribution < 1.29 is 19.1 Å². The summed E-state index contributed by atoms with van der Waals surface area (Å²) >= 11 is 17.4. The number of esters is 2. The third-order valence-corrected chi connectivity index (χ3v) is 9.80. The normalized spacial score (nSPS) is 28.7. The molecule has 40 heavy (non-hydrogen) atoms. The molecule has 0 aliphatic heterocycles. The number of ether oxygens (including phenoxy) is 2. The first-order valence-corrected chi connectivity index (χ1v) is 15.8. The zero-order chi connectivity index (χ0) is 29.7. The molecule has 3 aliphatic rings. The molecule has 1 aromatic carbocycles. The highest BCUT2D eigenvalue weighted by Crippen LogP contribution is 2.59. The van der Waals surface area contributed by atoms with Crippen LogP contribution in [0.15, 0.2) is 42.0 Å². The molecule has 222 valence electrons. The molecular weight excluding hydrogens is 567 g/mol. The van der Waals surface area contributed by atoms with E-state index in [1.54, 1.807) is 0 Å². The second-order valence-corrected chi connectivity index (χ2v) is 14.4. The third-order valence-electron chi connectivity index (χ3n) is 9.33. The standard InChI is InChI=1S/C33H45Cl3O4/c1-7-21(2)10-12-23(4)28-16-17-29-26-15-13-24(20-27(26)30(37)39-6)19-25(40-31(38)33(34,35)36)14-11-22(3)9-8-18-32(28,29)5/h9-10,12-13,15,20-21,23,25,28-29H,7-8,11,14,16-19H2,1-6H3/b12-10+,22-9+/t21-,23+,25-,28+,29?,32+/m0/s1. The van der Waals surface area contributed by atoms with Crippen molar-refractivity contribution in [2.24, 2.45) is 23.2 Å². The van der Waals surface area contributed by atoms with Crippen molar-refractivity contribution in [1.29, 1.82) is 0 Å². The summed E-state index contributed by atoms with van der Waals surface area (Å²) in [6, 6.07) is 6.05. The van der Waals surface area contributed by atoms with Gasteiger partial charge in [-0.1, -0.05) is 105 Å². The van der Waals surface area contributed by atoms with Gasteiger partial charge in [-0.25, -0.2) is 9.59 Å². The molecule has 1 fully saturated rings. The Morgan fingerprint density at radius 2 is 1.88 bits per heavy atom. The summed E-state index contributed by atoms with van der Waals surface area (Å²) in [6.45, 7) is 11.4. The van der Waals surface area contributed by atoms with Crippen LogP contribution in [0, 0.1) is 23.2 Å². The maximum Gasteiger partial charge on any atom is 0.358 e. The van der Waals surface area contributed by atoms with Crippen molar-refractivity contribution in [1.82, 2.24) is 0 Å². The first-order valence-electron chi connectivity index (χ1n) is 14.6. The van der Waals surface area contributed by atoms with E-state index in [9.17, 15) is 9.59 Å². The summed E-state index contributed by atoms with van der Waals surface area (Å²) in [7, 11) is 1.43. The first kappa shape index (κ1) is 33.0. The molecule has 0 aromatic heterocycles. The smallest absolute Gasteiger partial charge is 0.358 e. The molecule has 4 rings (SSSR count). The number of methoxy groups -OCH3 is 1. The molecule has 4 nitrogen and oxygen atoms in total. The minimum atomic E-state index is -2.14. The lowest BCUT2D eigenvalue weighted by Crippen LogP contribution is -2.32. The number of alkyl halides is 3.